The number of amides is 1. The number of hydrogen-bond acceptors (Lipinski definition) is 2. The first-order valence-electron chi connectivity index (χ1n) is 5.67. The van der Waals surface area contributed by atoms with Crippen LogP contribution < -0.4 is 10.6 Å². The van der Waals surface area contributed by atoms with Crippen LogP contribution in [0.4, 0.5) is 5.69 Å². The first-order chi connectivity index (χ1) is 8.18. The topological polar surface area (TPSA) is 41.1 Å². The summed E-state index contributed by atoms with van der Waals surface area (Å²) in [5, 5.41) is 6.19. The highest BCUT2D eigenvalue weighted by molar-refractivity contribution is 9.11. The number of halogens is 2. The van der Waals surface area contributed by atoms with Crippen molar-refractivity contribution in [2.45, 2.75) is 25.3 Å². The zero-order valence-electron chi connectivity index (χ0n) is 9.30. The predicted octanol–water partition coefficient (Wildman–Crippen LogP) is 3.29. The molecule has 3 nitrogen and oxygen atoms in total. The molecule has 1 aliphatic heterocycles. The zero-order chi connectivity index (χ0) is 12.3. The van der Waals surface area contributed by atoms with Gasteiger partial charge in [0.1, 0.15) is 0 Å². The average Bonchev–Trinajstić information content (AvgIpc) is 2.35. The molecule has 0 saturated carbocycles. The van der Waals surface area contributed by atoms with Gasteiger partial charge in [0.15, 0.2) is 0 Å². The van der Waals surface area contributed by atoms with Crippen molar-refractivity contribution in [1.29, 1.82) is 0 Å². The Morgan fingerprint density at radius 1 is 1.29 bits per heavy atom. The highest BCUT2D eigenvalue weighted by atomic mass is 79.9. The molecule has 2 rings (SSSR count). The van der Waals surface area contributed by atoms with Crippen LogP contribution >= 0.6 is 31.9 Å². The van der Waals surface area contributed by atoms with Gasteiger partial charge in [-0.1, -0.05) is 12.5 Å². The second-order valence-corrected chi connectivity index (χ2v) is 5.80. The van der Waals surface area contributed by atoms with Gasteiger partial charge in [-0.25, -0.2) is 0 Å². The molecule has 0 spiro atoms. The van der Waals surface area contributed by atoms with E-state index >= 15 is 0 Å². The molecule has 0 unspecified atom stereocenters. The fraction of sp³-hybridized carbons (Fsp3) is 0.417. The molecule has 0 radical (unpaired) electrons. The summed E-state index contributed by atoms with van der Waals surface area (Å²) in [7, 11) is 0. The monoisotopic (exact) mass is 360 g/mol. The highest BCUT2D eigenvalue weighted by Crippen LogP contribution is 2.30. The van der Waals surface area contributed by atoms with Crippen molar-refractivity contribution in [1.82, 2.24) is 5.32 Å². The van der Waals surface area contributed by atoms with Gasteiger partial charge >= 0.3 is 0 Å². The molecule has 0 aliphatic carbocycles. The Bertz CT molecular complexity index is 397. The van der Waals surface area contributed by atoms with Crippen LogP contribution in [0.25, 0.3) is 0 Å². The first kappa shape index (κ1) is 13.1. The van der Waals surface area contributed by atoms with Crippen molar-refractivity contribution >= 4 is 43.5 Å². The molecule has 2 N–H and O–H groups in total. The third kappa shape index (κ3) is 3.30. The normalized spacial score (nSPS) is 20.0. The van der Waals surface area contributed by atoms with Crippen molar-refractivity contribution in [3.8, 4) is 0 Å². The van der Waals surface area contributed by atoms with Gasteiger partial charge in [0.25, 0.3) is 0 Å². The maximum absolute atomic E-state index is 12.1. The van der Waals surface area contributed by atoms with E-state index < -0.39 is 0 Å². The fourth-order valence-corrected chi connectivity index (χ4v) is 3.10. The molecular weight excluding hydrogens is 348 g/mol. The van der Waals surface area contributed by atoms with E-state index in [-0.39, 0.29) is 11.9 Å². The van der Waals surface area contributed by atoms with E-state index in [1.807, 2.05) is 18.2 Å². The fourth-order valence-electron chi connectivity index (χ4n) is 1.90. The summed E-state index contributed by atoms with van der Waals surface area (Å²) in [6.45, 7) is 0.926. The first-order valence-corrected chi connectivity index (χ1v) is 7.25. The molecule has 1 heterocycles. The molecule has 1 aromatic carbocycles. The van der Waals surface area contributed by atoms with E-state index in [9.17, 15) is 4.79 Å². The molecule has 5 heteroatoms. The van der Waals surface area contributed by atoms with E-state index in [1.165, 1.54) is 0 Å². The number of carbonyl (C=O) groups excluding carboxylic acids is 1. The van der Waals surface area contributed by atoms with Crippen LogP contribution in [-0.4, -0.2) is 18.5 Å². The van der Waals surface area contributed by atoms with Gasteiger partial charge < -0.3 is 10.6 Å². The molecule has 0 aromatic heterocycles. The summed E-state index contributed by atoms with van der Waals surface area (Å²) in [6.07, 6.45) is 3.18. The second-order valence-electron chi connectivity index (χ2n) is 4.09. The number of nitrogens with one attached hydrogen (secondary N) is 2. The van der Waals surface area contributed by atoms with Gasteiger partial charge in [0.05, 0.1) is 11.7 Å². The Kier molecular flexibility index (Phi) is 4.59. The lowest BCUT2D eigenvalue weighted by molar-refractivity contribution is -0.118. The van der Waals surface area contributed by atoms with Crippen LogP contribution in [0.2, 0.25) is 0 Å². The van der Waals surface area contributed by atoms with Crippen LogP contribution in [0.1, 0.15) is 19.3 Å². The van der Waals surface area contributed by atoms with E-state index in [2.05, 4.69) is 42.5 Å². The lowest BCUT2D eigenvalue weighted by Gasteiger charge is -2.23. The van der Waals surface area contributed by atoms with Crippen LogP contribution in [0.3, 0.4) is 0 Å². The highest BCUT2D eigenvalue weighted by Gasteiger charge is 2.21. The molecular formula is C12H14Br2N2O. The lowest BCUT2D eigenvalue weighted by Crippen LogP contribution is -2.43. The van der Waals surface area contributed by atoms with Gasteiger partial charge in [-0.3, -0.25) is 4.79 Å². The van der Waals surface area contributed by atoms with E-state index in [0.717, 1.165) is 40.4 Å². The molecule has 1 saturated heterocycles. The summed E-state index contributed by atoms with van der Waals surface area (Å²) >= 11 is 6.87. The number of carbonyl (C=O) groups is 1. The van der Waals surface area contributed by atoms with Gasteiger partial charge in [0.2, 0.25) is 5.91 Å². The molecule has 1 atom stereocenters. The minimum atomic E-state index is -0.0669. The van der Waals surface area contributed by atoms with Gasteiger partial charge in [0, 0.05) is 8.95 Å². The number of anilines is 1. The van der Waals surface area contributed by atoms with Gasteiger partial charge in [-0.15, -0.1) is 0 Å². The van der Waals surface area contributed by atoms with Crippen molar-refractivity contribution in [3.63, 3.8) is 0 Å². The Morgan fingerprint density at radius 2 is 2.00 bits per heavy atom. The standard InChI is InChI=1S/C12H14Br2N2O/c13-8-4-3-5-9(14)11(8)16-12(17)10-6-1-2-7-15-10/h3-5,10,15H,1-2,6-7H2,(H,16,17)/t10-/m1/s1. The van der Waals surface area contributed by atoms with Gasteiger partial charge in [-0.05, 0) is 63.4 Å². The number of rotatable bonds is 2. The van der Waals surface area contributed by atoms with Crippen LogP contribution in [0, 0.1) is 0 Å². The molecule has 1 amide bonds. The lowest BCUT2D eigenvalue weighted by atomic mass is 10.0. The van der Waals surface area contributed by atoms with Crippen LogP contribution in [0.15, 0.2) is 27.1 Å². The quantitative estimate of drug-likeness (QED) is 0.848. The van der Waals surface area contributed by atoms with Crippen molar-refractivity contribution in [2.24, 2.45) is 0 Å². The maximum atomic E-state index is 12.1. The molecule has 92 valence electrons. The van der Waals surface area contributed by atoms with E-state index in [1.54, 1.807) is 0 Å². The predicted molar refractivity (Wildman–Crippen MR) is 76.1 cm³/mol. The molecule has 0 bridgehead atoms. The van der Waals surface area contributed by atoms with Crippen molar-refractivity contribution < 1.29 is 4.79 Å². The Morgan fingerprint density at radius 3 is 2.59 bits per heavy atom. The largest absolute Gasteiger partial charge is 0.323 e. The van der Waals surface area contributed by atoms with Crippen molar-refractivity contribution in [2.75, 3.05) is 11.9 Å². The van der Waals surface area contributed by atoms with E-state index in [4.69, 9.17) is 0 Å². The SMILES string of the molecule is O=C(Nc1c(Br)cccc1Br)[C@H]1CCCCN1. The Labute approximate surface area is 118 Å². The number of piperidine rings is 1. The second kappa shape index (κ2) is 5.98. The number of para-hydroxylation sites is 1. The summed E-state index contributed by atoms with van der Waals surface area (Å²) in [6, 6.07) is 5.68. The number of benzene rings is 1. The summed E-state index contributed by atoms with van der Waals surface area (Å²) in [5.41, 5.74) is 0.796. The molecule has 1 aliphatic rings. The summed E-state index contributed by atoms with van der Waals surface area (Å²) < 4.78 is 1.77. The average molecular weight is 362 g/mol. The summed E-state index contributed by atoms with van der Waals surface area (Å²) in [4.78, 5) is 12.1. The maximum Gasteiger partial charge on any atom is 0.241 e. The van der Waals surface area contributed by atoms with Crippen LogP contribution in [0.5, 0.6) is 0 Å². The third-order valence-corrected chi connectivity index (χ3v) is 4.16. The molecule has 17 heavy (non-hydrogen) atoms. The van der Waals surface area contributed by atoms with Gasteiger partial charge in [-0.2, -0.15) is 0 Å². The Hall–Kier alpha value is -0.390. The minimum Gasteiger partial charge on any atom is -0.323 e. The zero-order valence-corrected chi connectivity index (χ0v) is 12.5. The number of hydrogen-bond donors (Lipinski definition) is 2. The Balaban J connectivity index is 2.07. The molecule has 1 aromatic rings. The van der Waals surface area contributed by atoms with Crippen molar-refractivity contribution in [3.05, 3.63) is 27.1 Å². The van der Waals surface area contributed by atoms with E-state index in [0.29, 0.717) is 0 Å². The summed E-state index contributed by atoms with van der Waals surface area (Å²) in [5.74, 6) is 0.0392. The van der Waals surface area contributed by atoms with Crippen LogP contribution in [-0.2, 0) is 4.79 Å². The molecule has 1 fully saturated rings. The minimum absolute atomic E-state index is 0.0392. The smallest absolute Gasteiger partial charge is 0.241 e. The third-order valence-electron chi connectivity index (χ3n) is 2.84.